The molecule has 3 aromatic carbocycles. The number of Topliss-reactive ketones (excluding diaryl/α,β-unsaturated/α-hetero) is 2. The number of allylic oxidation sites excluding steroid dienone is 2. The van der Waals surface area contributed by atoms with Gasteiger partial charge in [0.15, 0.2) is 11.6 Å². The molecule has 5 rings (SSSR count). The molecule has 1 fully saturated rings. The minimum Gasteiger partial charge on any atom is -0.398 e. The molecule has 0 heterocycles. The second kappa shape index (κ2) is 20.5. The summed E-state index contributed by atoms with van der Waals surface area (Å²) >= 11 is 0. The molecule has 0 atom stereocenters. The Balaban J connectivity index is 0.000000292. The standard InChI is InChI=1S/C30H42N2.C12H19N.C6H8O2/c1-19(2)23-13-11-14-24(20(3)4)29(23)31-27-17-9-10-18-28(27)32-30-25(21(5)6)15-12-16-26(30)22(7)8;1-8(2)10-6-5-7-11(9(3)4)12(10)13;7-5-3-1-2-4-6(5)8/h11-17,19-22,31H,9-10,18H2,1-8H3;5-9H,13H2,1-4H3;1-4H2. The highest BCUT2D eigenvalue weighted by Gasteiger charge is 2.21. The molecule has 0 amide bonds. The molecule has 5 heteroatoms. The average molecular weight is 720 g/mol. The van der Waals surface area contributed by atoms with Gasteiger partial charge in [0.1, 0.15) is 0 Å². The fourth-order valence-electron chi connectivity index (χ4n) is 7.07. The molecule has 2 aliphatic carbocycles. The minimum atomic E-state index is -0.170. The number of nitrogens with zero attached hydrogens (tertiary/aromatic N) is 1. The Kier molecular flexibility index (Phi) is 16.8. The smallest absolute Gasteiger partial charge is 0.198 e. The van der Waals surface area contributed by atoms with Crippen molar-refractivity contribution in [2.45, 2.75) is 164 Å². The van der Waals surface area contributed by atoms with E-state index in [0.717, 1.165) is 37.8 Å². The van der Waals surface area contributed by atoms with Crippen LogP contribution in [0.1, 0.15) is 197 Å². The van der Waals surface area contributed by atoms with E-state index >= 15 is 0 Å². The zero-order valence-corrected chi connectivity index (χ0v) is 35.0. The number of anilines is 2. The highest BCUT2D eigenvalue weighted by atomic mass is 16.2. The van der Waals surface area contributed by atoms with Crippen molar-refractivity contribution >= 4 is 34.3 Å². The highest BCUT2D eigenvalue weighted by molar-refractivity contribution is 6.37. The molecule has 53 heavy (non-hydrogen) atoms. The first kappa shape index (κ1) is 43.4. The second-order valence-corrected chi connectivity index (χ2v) is 16.6. The lowest BCUT2D eigenvalue weighted by Gasteiger charge is -2.25. The van der Waals surface area contributed by atoms with E-state index in [1.807, 2.05) is 0 Å². The van der Waals surface area contributed by atoms with E-state index in [2.05, 4.69) is 149 Å². The van der Waals surface area contributed by atoms with E-state index in [9.17, 15) is 9.59 Å². The van der Waals surface area contributed by atoms with Crippen LogP contribution in [0.3, 0.4) is 0 Å². The Hall–Kier alpha value is -3.99. The van der Waals surface area contributed by atoms with E-state index in [0.29, 0.717) is 48.3 Å². The molecular weight excluding hydrogens is 651 g/mol. The Bertz CT molecular complexity index is 1640. The van der Waals surface area contributed by atoms with Crippen LogP contribution in [-0.2, 0) is 9.59 Å². The van der Waals surface area contributed by atoms with Crippen molar-refractivity contribution in [1.29, 1.82) is 0 Å². The number of para-hydroxylation sites is 3. The summed E-state index contributed by atoms with van der Waals surface area (Å²) < 4.78 is 0. The predicted octanol–water partition coefficient (Wildman–Crippen LogP) is 13.6. The van der Waals surface area contributed by atoms with Crippen LogP contribution in [0, 0.1) is 0 Å². The van der Waals surface area contributed by atoms with Crippen molar-refractivity contribution in [3.05, 3.63) is 99.8 Å². The third kappa shape index (κ3) is 12.0. The van der Waals surface area contributed by atoms with Gasteiger partial charge >= 0.3 is 0 Å². The van der Waals surface area contributed by atoms with E-state index in [1.54, 1.807) is 0 Å². The number of hydrogen-bond donors (Lipinski definition) is 2. The summed E-state index contributed by atoms with van der Waals surface area (Å²) in [5, 5.41) is 3.88. The Morgan fingerprint density at radius 3 is 1.28 bits per heavy atom. The van der Waals surface area contributed by atoms with E-state index in [1.165, 1.54) is 56.2 Å². The summed E-state index contributed by atoms with van der Waals surface area (Å²) in [4.78, 5) is 26.3. The lowest BCUT2D eigenvalue weighted by molar-refractivity contribution is -0.137. The summed E-state index contributed by atoms with van der Waals surface area (Å²) in [7, 11) is 0. The van der Waals surface area contributed by atoms with Gasteiger partial charge in [0, 0.05) is 24.2 Å². The van der Waals surface area contributed by atoms with Crippen molar-refractivity contribution in [2.75, 3.05) is 11.1 Å². The summed E-state index contributed by atoms with van der Waals surface area (Å²) in [6.45, 7) is 26.9. The van der Waals surface area contributed by atoms with Crippen LogP contribution in [0.15, 0.2) is 71.4 Å². The number of carbonyl (C=O) groups excluding carboxylic acids is 2. The summed E-state index contributed by atoms with van der Waals surface area (Å²) in [6.07, 6.45) is 8.42. The number of nitrogens with one attached hydrogen (secondary N) is 1. The van der Waals surface area contributed by atoms with E-state index in [4.69, 9.17) is 10.7 Å². The zero-order chi connectivity index (χ0) is 39.4. The fraction of sp³-hybridized carbons (Fsp3) is 0.521. The number of ketones is 2. The molecule has 288 valence electrons. The van der Waals surface area contributed by atoms with Gasteiger partial charge in [0.05, 0.1) is 17.1 Å². The lowest BCUT2D eigenvalue weighted by Crippen LogP contribution is -2.17. The normalized spacial score (nSPS) is 15.6. The third-order valence-electron chi connectivity index (χ3n) is 10.3. The molecule has 0 aliphatic heterocycles. The van der Waals surface area contributed by atoms with Gasteiger partial charge in [0.25, 0.3) is 0 Å². The van der Waals surface area contributed by atoms with Crippen LogP contribution >= 0.6 is 0 Å². The fourth-order valence-corrected chi connectivity index (χ4v) is 7.07. The molecule has 0 bridgehead atoms. The van der Waals surface area contributed by atoms with Crippen LogP contribution in [0.4, 0.5) is 17.1 Å². The number of aliphatic imine (C=N–C) groups is 1. The molecule has 1 saturated carbocycles. The Morgan fingerprint density at radius 1 is 0.528 bits per heavy atom. The van der Waals surface area contributed by atoms with E-state index in [-0.39, 0.29) is 11.6 Å². The number of rotatable bonds is 9. The van der Waals surface area contributed by atoms with Crippen molar-refractivity contribution in [3.8, 4) is 0 Å². The quantitative estimate of drug-likeness (QED) is 0.170. The van der Waals surface area contributed by atoms with Crippen LogP contribution in [0.2, 0.25) is 0 Å². The molecule has 2 aliphatic rings. The van der Waals surface area contributed by atoms with Gasteiger partial charge in [-0.1, -0.05) is 144 Å². The van der Waals surface area contributed by atoms with Gasteiger partial charge < -0.3 is 11.1 Å². The molecule has 0 radical (unpaired) electrons. The summed E-state index contributed by atoms with van der Waals surface area (Å²) in [6, 6.07) is 19.8. The summed E-state index contributed by atoms with van der Waals surface area (Å²) in [5.41, 5.74) is 19.9. The van der Waals surface area contributed by atoms with Crippen LogP contribution in [-0.4, -0.2) is 17.3 Å². The molecule has 0 saturated heterocycles. The molecular formula is C48H69N3O2. The number of benzene rings is 3. The van der Waals surface area contributed by atoms with Crippen LogP contribution in [0.5, 0.6) is 0 Å². The van der Waals surface area contributed by atoms with Gasteiger partial charge in [0.2, 0.25) is 0 Å². The van der Waals surface area contributed by atoms with Crippen molar-refractivity contribution in [1.82, 2.24) is 0 Å². The monoisotopic (exact) mass is 720 g/mol. The van der Waals surface area contributed by atoms with Crippen LogP contribution < -0.4 is 11.1 Å². The van der Waals surface area contributed by atoms with Gasteiger partial charge in [-0.15, -0.1) is 0 Å². The van der Waals surface area contributed by atoms with Crippen LogP contribution in [0.25, 0.3) is 0 Å². The van der Waals surface area contributed by atoms with Crippen molar-refractivity contribution in [3.63, 3.8) is 0 Å². The Labute approximate surface area is 322 Å². The molecule has 0 unspecified atom stereocenters. The maximum atomic E-state index is 10.4. The Morgan fingerprint density at radius 2 is 0.906 bits per heavy atom. The molecule has 5 nitrogen and oxygen atoms in total. The second-order valence-electron chi connectivity index (χ2n) is 16.6. The number of nitrogen functional groups attached to an aromatic ring is 1. The largest absolute Gasteiger partial charge is 0.398 e. The molecule has 3 aromatic rings. The molecule has 0 spiro atoms. The van der Waals surface area contributed by atoms with Gasteiger partial charge in [-0.3, -0.25) is 14.6 Å². The number of hydrogen-bond acceptors (Lipinski definition) is 5. The van der Waals surface area contributed by atoms with Crippen molar-refractivity contribution < 1.29 is 9.59 Å². The maximum absolute atomic E-state index is 10.4. The summed E-state index contributed by atoms with van der Waals surface area (Å²) in [5.74, 6) is 2.52. The first-order chi connectivity index (χ1) is 25.0. The van der Waals surface area contributed by atoms with Gasteiger partial charge in [-0.05, 0) is 101 Å². The zero-order valence-electron chi connectivity index (χ0n) is 35.0. The van der Waals surface area contributed by atoms with Gasteiger partial charge in [-0.2, -0.15) is 0 Å². The van der Waals surface area contributed by atoms with Crippen molar-refractivity contribution in [2.24, 2.45) is 4.99 Å². The van der Waals surface area contributed by atoms with E-state index < -0.39 is 0 Å². The first-order valence-electron chi connectivity index (χ1n) is 20.3. The molecule has 3 N–H and O–H groups in total. The third-order valence-corrected chi connectivity index (χ3v) is 10.3. The average Bonchev–Trinajstić information content (AvgIpc) is 3.10. The predicted molar refractivity (Wildman–Crippen MR) is 229 cm³/mol. The lowest BCUT2D eigenvalue weighted by atomic mass is 9.91. The number of nitrogens with two attached hydrogens (primary N) is 1. The number of carbonyl (C=O) groups is 2. The van der Waals surface area contributed by atoms with Gasteiger partial charge in [-0.25, -0.2) is 0 Å². The molecule has 0 aromatic heterocycles. The maximum Gasteiger partial charge on any atom is 0.198 e. The first-order valence-corrected chi connectivity index (χ1v) is 20.3. The topological polar surface area (TPSA) is 84.5 Å². The minimum absolute atomic E-state index is 0.170. The SMILES string of the molecule is CC(C)c1cccc(C(C)C)c1N.CC(C)c1cccc(C(C)C)c1N=C1CCCC=C1Nc1c(C(C)C)cccc1C(C)C.O=C1CCCCC1=O. The highest BCUT2D eigenvalue weighted by Crippen LogP contribution is 2.38.